The number of rotatable bonds is 4. The van der Waals surface area contributed by atoms with Gasteiger partial charge < -0.3 is 0 Å². The predicted molar refractivity (Wildman–Crippen MR) is 65.2 cm³/mol. The van der Waals surface area contributed by atoms with E-state index in [4.69, 9.17) is 0 Å². The van der Waals surface area contributed by atoms with Gasteiger partial charge in [0.05, 0.1) is 0 Å². The monoisotopic (exact) mass is 218 g/mol. The van der Waals surface area contributed by atoms with E-state index in [0.29, 0.717) is 17.0 Å². The molecule has 1 unspecified atom stereocenters. The van der Waals surface area contributed by atoms with Crippen molar-refractivity contribution in [3.05, 3.63) is 34.9 Å². The summed E-state index contributed by atoms with van der Waals surface area (Å²) >= 11 is 0. The van der Waals surface area contributed by atoms with Gasteiger partial charge in [0.1, 0.15) is 0 Å². The van der Waals surface area contributed by atoms with Crippen LogP contribution < -0.4 is 0 Å². The smallest absolute Gasteiger partial charge is 0.159 e. The fourth-order valence-electron chi connectivity index (χ4n) is 1.58. The number of carbonyl (C=O) groups excluding carboxylic acids is 2. The first-order valence-corrected chi connectivity index (χ1v) is 5.62. The van der Waals surface area contributed by atoms with E-state index in [-0.39, 0.29) is 11.6 Å². The summed E-state index contributed by atoms with van der Waals surface area (Å²) in [6.07, 6.45) is 0.999. The predicted octanol–water partition coefficient (Wildman–Crippen LogP) is 3.61. The molecule has 16 heavy (non-hydrogen) atoms. The third-order valence-electron chi connectivity index (χ3n) is 2.95. The van der Waals surface area contributed by atoms with Crippen LogP contribution in [0.1, 0.15) is 66.3 Å². The minimum Gasteiger partial charge on any atom is -0.295 e. The lowest BCUT2D eigenvalue weighted by Gasteiger charge is -2.11. The SMILES string of the molecule is CCC(C)c1cc(C(C)=O)cc(C(C)=O)c1. The first kappa shape index (κ1) is 12.6. The molecule has 0 bridgehead atoms. The molecule has 0 spiro atoms. The molecule has 0 fully saturated rings. The summed E-state index contributed by atoms with van der Waals surface area (Å²) in [5, 5.41) is 0. The maximum absolute atomic E-state index is 11.4. The zero-order chi connectivity index (χ0) is 12.3. The largest absolute Gasteiger partial charge is 0.295 e. The topological polar surface area (TPSA) is 34.1 Å². The van der Waals surface area contributed by atoms with E-state index in [2.05, 4.69) is 13.8 Å². The average Bonchev–Trinajstić information content (AvgIpc) is 2.27. The number of Topliss-reactive ketones (excluding diaryl/α,β-unsaturated/α-hetero) is 2. The maximum Gasteiger partial charge on any atom is 0.159 e. The molecule has 0 saturated carbocycles. The van der Waals surface area contributed by atoms with Crippen molar-refractivity contribution in [2.75, 3.05) is 0 Å². The molecule has 1 aromatic carbocycles. The summed E-state index contributed by atoms with van der Waals surface area (Å²) in [5.74, 6) is 0.387. The van der Waals surface area contributed by atoms with Gasteiger partial charge in [-0.25, -0.2) is 0 Å². The van der Waals surface area contributed by atoms with Crippen LogP contribution in [0.5, 0.6) is 0 Å². The Morgan fingerprint density at radius 3 is 1.81 bits per heavy atom. The summed E-state index contributed by atoms with van der Waals surface area (Å²) < 4.78 is 0. The fourth-order valence-corrected chi connectivity index (χ4v) is 1.58. The number of benzene rings is 1. The van der Waals surface area contributed by atoms with Crippen LogP contribution in [0, 0.1) is 0 Å². The van der Waals surface area contributed by atoms with E-state index in [0.717, 1.165) is 12.0 Å². The molecular formula is C14H18O2. The van der Waals surface area contributed by atoms with Crippen LogP contribution in [0.2, 0.25) is 0 Å². The molecule has 2 heteroatoms. The molecule has 1 rings (SSSR count). The highest BCUT2D eigenvalue weighted by atomic mass is 16.1. The van der Waals surface area contributed by atoms with Crippen molar-refractivity contribution in [1.29, 1.82) is 0 Å². The van der Waals surface area contributed by atoms with Gasteiger partial charge in [-0.1, -0.05) is 13.8 Å². The molecule has 86 valence electrons. The molecule has 0 amide bonds. The Morgan fingerprint density at radius 2 is 1.50 bits per heavy atom. The number of ketones is 2. The molecule has 0 radical (unpaired) electrons. The van der Waals surface area contributed by atoms with Gasteiger partial charge in [-0.05, 0) is 49.9 Å². The third kappa shape index (κ3) is 2.78. The van der Waals surface area contributed by atoms with E-state index in [1.165, 1.54) is 13.8 Å². The number of hydrogen-bond donors (Lipinski definition) is 0. The Hall–Kier alpha value is -1.44. The first-order valence-electron chi connectivity index (χ1n) is 5.62. The maximum atomic E-state index is 11.4. The van der Waals surface area contributed by atoms with E-state index in [1.807, 2.05) is 12.1 Å². The molecule has 0 aliphatic rings. The van der Waals surface area contributed by atoms with Crippen LogP contribution in [0.25, 0.3) is 0 Å². The highest BCUT2D eigenvalue weighted by Crippen LogP contribution is 2.22. The van der Waals surface area contributed by atoms with Crippen molar-refractivity contribution < 1.29 is 9.59 Å². The normalized spacial score (nSPS) is 12.2. The van der Waals surface area contributed by atoms with Gasteiger partial charge in [0.15, 0.2) is 11.6 Å². The number of carbonyl (C=O) groups is 2. The van der Waals surface area contributed by atoms with Crippen molar-refractivity contribution in [2.45, 2.75) is 40.0 Å². The standard InChI is InChI=1S/C14H18O2/c1-5-9(2)12-6-13(10(3)15)8-14(7-12)11(4)16/h6-9H,5H2,1-4H3. The second kappa shape index (κ2) is 5.06. The van der Waals surface area contributed by atoms with Gasteiger partial charge in [0.2, 0.25) is 0 Å². The Morgan fingerprint density at radius 1 is 1.06 bits per heavy atom. The lowest BCUT2D eigenvalue weighted by atomic mass is 9.93. The first-order chi connectivity index (χ1) is 7.45. The molecule has 1 atom stereocenters. The molecule has 0 saturated heterocycles. The van der Waals surface area contributed by atoms with Gasteiger partial charge >= 0.3 is 0 Å². The molecule has 0 aromatic heterocycles. The van der Waals surface area contributed by atoms with Crippen molar-refractivity contribution in [2.24, 2.45) is 0 Å². The molecule has 2 nitrogen and oxygen atoms in total. The minimum absolute atomic E-state index is 0.00709. The van der Waals surface area contributed by atoms with E-state index >= 15 is 0 Å². The summed E-state index contributed by atoms with van der Waals surface area (Å²) in [7, 11) is 0. The van der Waals surface area contributed by atoms with E-state index in [1.54, 1.807) is 6.07 Å². The molecule has 0 aliphatic carbocycles. The van der Waals surface area contributed by atoms with Gasteiger partial charge in [-0.3, -0.25) is 9.59 Å². The second-order valence-electron chi connectivity index (χ2n) is 4.27. The minimum atomic E-state index is 0.00709. The Kier molecular flexibility index (Phi) is 3.99. The molecular weight excluding hydrogens is 200 g/mol. The van der Waals surface area contributed by atoms with Gasteiger partial charge in [0.25, 0.3) is 0 Å². The quantitative estimate of drug-likeness (QED) is 0.723. The fraction of sp³-hybridized carbons (Fsp3) is 0.429. The lowest BCUT2D eigenvalue weighted by molar-refractivity contribution is 0.101. The van der Waals surface area contributed by atoms with Crippen LogP contribution >= 0.6 is 0 Å². The van der Waals surface area contributed by atoms with Gasteiger partial charge in [0, 0.05) is 11.1 Å². The van der Waals surface area contributed by atoms with Crippen molar-refractivity contribution in [3.63, 3.8) is 0 Å². The van der Waals surface area contributed by atoms with Crippen LogP contribution in [0.3, 0.4) is 0 Å². The van der Waals surface area contributed by atoms with Gasteiger partial charge in [-0.15, -0.1) is 0 Å². The Bertz CT molecular complexity index is 386. The summed E-state index contributed by atoms with van der Waals surface area (Å²) in [6, 6.07) is 5.46. The second-order valence-corrected chi connectivity index (χ2v) is 4.27. The van der Waals surface area contributed by atoms with E-state index < -0.39 is 0 Å². The highest BCUT2D eigenvalue weighted by molar-refractivity contribution is 5.99. The van der Waals surface area contributed by atoms with Crippen molar-refractivity contribution in [1.82, 2.24) is 0 Å². The highest BCUT2D eigenvalue weighted by Gasteiger charge is 2.11. The van der Waals surface area contributed by atoms with Crippen LogP contribution in [-0.4, -0.2) is 11.6 Å². The van der Waals surface area contributed by atoms with Crippen LogP contribution in [0.4, 0.5) is 0 Å². The molecule has 0 aliphatic heterocycles. The lowest BCUT2D eigenvalue weighted by Crippen LogP contribution is -2.02. The summed E-state index contributed by atoms with van der Waals surface area (Å²) in [5.41, 5.74) is 2.33. The number of hydrogen-bond acceptors (Lipinski definition) is 2. The Balaban J connectivity index is 3.29. The zero-order valence-corrected chi connectivity index (χ0v) is 10.3. The molecule has 0 N–H and O–H groups in total. The zero-order valence-electron chi connectivity index (χ0n) is 10.3. The van der Waals surface area contributed by atoms with Crippen LogP contribution in [0.15, 0.2) is 18.2 Å². The van der Waals surface area contributed by atoms with Crippen molar-refractivity contribution >= 4 is 11.6 Å². The average molecular weight is 218 g/mol. The van der Waals surface area contributed by atoms with E-state index in [9.17, 15) is 9.59 Å². The third-order valence-corrected chi connectivity index (χ3v) is 2.95. The van der Waals surface area contributed by atoms with Gasteiger partial charge in [-0.2, -0.15) is 0 Å². The molecule has 0 heterocycles. The molecule has 1 aromatic rings. The van der Waals surface area contributed by atoms with Crippen LogP contribution in [-0.2, 0) is 0 Å². The summed E-state index contributed by atoms with van der Waals surface area (Å²) in [4.78, 5) is 22.7. The van der Waals surface area contributed by atoms with Crippen molar-refractivity contribution in [3.8, 4) is 0 Å². The summed E-state index contributed by atoms with van der Waals surface area (Å²) in [6.45, 7) is 7.25. The Labute approximate surface area is 96.7 Å².